The molecule has 0 saturated carbocycles. The minimum atomic E-state index is -1.19. The van der Waals surface area contributed by atoms with Crippen LogP contribution in [0.2, 0.25) is 0 Å². The van der Waals surface area contributed by atoms with E-state index in [9.17, 15) is 4.79 Å². The largest absolute Gasteiger partial charge is 0.481 e. The van der Waals surface area contributed by atoms with Crippen molar-refractivity contribution in [1.82, 2.24) is 9.97 Å². The molecule has 25 heavy (non-hydrogen) atoms. The van der Waals surface area contributed by atoms with Gasteiger partial charge in [0.2, 0.25) is 17.9 Å². The summed E-state index contributed by atoms with van der Waals surface area (Å²) in [6, 6.07) is 10.5. The second-order valence-corrected chi connectivity index (χ2v) is 5.41. The van der Waals surface area contributed by atoms with Crippen molar-refractivity contribution in [1.29, 1.82) is 0 Å². The van der Waals surface area contributed by atoms with Gasteiger partial charge < -0.3 is 24.7 Å². The third kappa shape index (κ3) is 4.16. The molecule has 1 aromatic heterocycles. The summed E-state index contributed by atoms with van der Waals surface area (Å²) in [4.78, 5) is 20.4. The first-order valence-corrected chi connectivity index (χ1v) is 7.48. The monoisotopic (exact) mass is 347 g/mol. The van der Waals surface area contributed by atoms with Gasteiger partial charge >= 0.3 is 12.0 Å². The van der Waals surface area contributed by atoms with Crippen molar-refractivity contribution in [3.05, 3.63) is 42.0 Å². The predicted octanol–water partition coefficient (Wildman–Crippen LogP) is 1.29. The Morgan fingerprint density at radius 3 is 2.12 bits per heavy atom. The average molecular weight is 347 g/mol. The number of nitrogens with zero attached hydrogens (tertiary/aromatic N) is 2. The molecule has 0 spiro atoms. The number of carbonyl (C=O) groups excluding carboxylic acids is 1. The Bertz CT molecular complexity index is 699. The van der Waals surface area contributed by atoms with Gasteiger partial charge in [0.1, 0.15) is 0 Å². The molecule has 0 radical (unpaired) electrons. The molecule has 0 aliphatic rings. The van der Waals surface area contributed by atoms with E-state index in [1.165, 1.54) is 27.4 Å². The summed E-state index contributed by atoms with van der Waals surface area (Å²) in [5, 5.41) is 0. The second-order valence-electron chi connectivity index (χ2n) is 5.41. The Morgan fingerprint density at radius 1 is 1.08 bits per heavy atom. The minimum absolute atomic E-state index is 0.112. The Kier molecular flexibility index (Phi) is 5.76. The molecule has 0 aliphatic heterocycles. The number of rotatable bonds is 7. The van der Waals surface area contributed by atoms with Crippen LogP contribution in [0, 0.1) is 0 Å². The summed E-state index contributed by atoms with van der Waals surface area (Å²) in [6.45, 7) is 1.67. The highest BCUT2D eigenvalue weighted by molar-refractivity contribution is 5.77. The van der Waals surface area contributed by atoms with Crippen LogP contribution in [0.25, 0.3) is 0 Å². The third-order valence-electron chi connectivity index (χ3n) is 3.66. The summed E-state index contributed by atoms with van der Waals surface area (Å²) in [5.41, 5.74) is 5.91. The molecule has 2 unspecified atom stereocenters. The maximum absolute atomic E-state index is 12.3. The highest BCUT2D eigenvalue weighted by atomic mass is 16.6. The second kappa shape index (κ2) is 7.80. The van der Waals surface area contributed by atoms with E-state index in [4.69, 9.17) is 24.7 Å². The standard InChI is InChI=1S/C17H21N3O5/c1-17(18,11-8-6-5-7-9-11)14(15(21)24-4)25-16-19-12(22-2)10-13(20-16)23-3/h5-10,14H,18H2,1-4H3. The number of carbonyl (C=O) groups is 1. The number of benzene rings is 1. The van der Waals surface area contributed by atoms with Gasteiger partial charge in [-0.15, -0.1) is 0 Å². The molecule has 8 nitrogen and oxygen atoms in total. The van der Waals surface area contributed by atoms with Crippen LogP contribution in [-0.4, -0.2) is 43.4 Å². The zero-order valence-corrected chi connectivity index (χ0v) is 14.6. The van der Waals surface area contributed by atoms with Gasteiger partial charge in [0.05, 0.1) is 32.9 Å². The molecule has 1 heterocycles. The van der Waals surface area contributed by atoms with E-state index in [1.807, 2.05) is 18.2 Å². The number of aromatic nitrogens is 2. The van der Waals surface area contributed by atoms with Crippen LogP contribution in [-0.2, 0) is 15.1 Å². The summed E-state index contributed by atoms with van der Waals surface area (Å²) < 4.78 is 20.7. The molecule has 0 bridgehead atoms. The van der Waals surface area contributed by atoms with Gasteiger partial charge in [-0.05, 0) is 12.5 Å². The molecule has 8 heteroatoms. The van der Waals surface area contributed by atoms with Gasteiger partial charge in [-0.25, -0.2) is 4.79 Å². The minimum Gasteiger partial charge on any atom is -0.481 e. The summed E-state index contributed by atoms with van der Waals surface area (Å²) in [7, 11) is 4.15. The van der Waals surface area contributed by atoms with Crippen LogP contribution in [0.15, 0.2) is 36.4 Å². The molecule has 134 valence electrons. The zero-order valence-electron chi connectivity index (χ0n) is 14.6. The fourth-order valence-corrected chi connectivity index (χ4v) is 2.22. The lowest BCUT2D eigenvalue weighted by molar-refractivity contribution is -0.152. The fourth-order valence-electron chi connectivity index (χ4n) is 2.22. The fraction of sp³-hybridized carbons (Fsp3) is 0.353. The summed E-state index contributed by atoms with van der Waals surface area (Å²) in [6.07, 6.45) is -1.18. The summed E-state index contributed by atoms with van der Waals surface area (Å²) >= 11 is 0. The highest BCUT2D eigenvalue weighted by Crippen LogP contribution is 2.27. The number of hydrogen-bond acceptors (Lipinski definition) is 8. The Morgan fingerprint density at radius 2 is 1.64 bits per heavy atom. The molecule has 2 atom stereocenters. The average Bonchev–Trinajstić information content (AvgIpc) is 2.65. The van der Waals surface area contributed by atoms with E-state index in [-0.39, 0.29) is 17.8 Å². The van der Waals surface area contributed by atoms with Crippen LogP contribution in [0.4, 0.5) is 0 Å². The summed E-state index contributed by atoms with van der Waals surface area (Å²) in [5.74, 6) is -0.202. The van der Waals surface area contributed by atoms with E-state index >= 15 is 0 Å². The van der Waals surface area contributed by atoms with Crippen molar-refractivity contribution in [2.24, 2.45) is 5.73 Å². The first-order chi connectivity index (χ1) is 11.9. The molecule has 0 fully saturated rings. The SMILES string of the molecule is COC(=O)C(Oc1nc(OC)cc(OC)n1)C(C)(N)c1ccccc1. The van der Waals surface area contributed by atoms with E-state index in [0.29, 0.717) is 5.56 Å². The Labute approximate surface area is 145 Å². The molecule has 0 amide bonds. The number of ether oxygens (including phenoxy) is 4. The first kappa shape index (κ1) is 18.5. The van der Waals surface area contributed by atoms with E-state index in [1.54, 1.807) is 19.1 Å². The van der Waals surface area contributed by atoms with Crippen molar-refractivity contribution >= 4 is 5.97 Å². The first-order valence-electron chi connectivity index (χ1n) is 7.48. The van der Waals surface area contributed by atoms with Gasteiger partial charge in [0, 0.05) is 0 Å². The van der Waals surface area contributed by atoms with Crippen LogP contribution in [0.1, 0.15) is 12.5 Å². The lowest BCUT2D eigenvalue weighted by Gasteiger charge is -2.32. The molecule has 0 aliphatic carbocycles. The maximum atomic E-state index is 12.3. The van der Waals surface area contributed by atoms with Crippen LogP contribution in [0.5, 0.6) is 17.8 Å². The molecule has 2 N–H and O–H groups in total. The number of esters is 1. The lowest BCUT2D eigenvalue weighted by atomic mass is 9.87. The maximum Gasteiger partial charge on any atom is 0.349 e. The van der Waals surface area contributed by atoms with Gasteiger partial charge in [0.25, 0.3) is 0 Å². The molecular weight excluding hydrogens is 326 g/mol. The van der Waals surface area contributed by atoms with E-state index in [2.05, 4.69) is 9.97 Å². The number of methoxy groups -OCH3 is 3. The molecule has 0 saturated heterocycles. The molecule has 1 aromatic carbocycles. The van der Waals surface area contributed by atoms with Crippen molar-refractivity contribution in [2.45, 2.75) is 18.6 Å². The molecule has 2 aromatic rings. The van der Waals surface area contributed by atoms with Crippen molar-refractivity contribution in [3.8, 4) is 17.8 Å². The van der Waals surface area contributed by atoms with Gasteiger partial charge in [-0.2, -0.15) is 9.97 Å². The van der Waals surface area contributed by atoms with Gasteiger partial charge in [-0.1, -0.05) is 30.3 Å². The smallest absolute Gasteiger partial charge is 0.349 e. The number of nitrogens with two attached hydrogens (primary N) is 1. The highest BCUT2D eigenvalue weighted by Gasteiger charge is 2.41. The molecular formula is C17H21N3O5. The van der Waals surface area contributed by atoms with E-state index < -0.39 is 17.6 Å². The topological polar surface area (TPSA) is 106 Å². The van der Waals surface area contributed by atoms with Gasteiger partial charge in [0.15, 0.2) is 0 Å². The van der Waals surface area contributed by atoms with Crippen LogP contribution < -0.4 is 19.9 Å². The van der Waals surface area contributed by atoms with Gasteiger partial charge in [-0.3, -0.25) is 0 Å². The van der Waals surface area contributed by atoms with Crippen molar-refractivity contribution < 1.29 is 23.7 Å². The van der Waals surface area contributed by atoms with E-state index in [0.717, 1.165) is 0 Å². The predicted molar refractivity (Wildman–Crippen MR) is 89.5 cm³/mol. The normalized spacial score (nSPS) is 14.1. The van der Waals surface area contributed by atoms with Crippen molar-refractivity contribution in [2.75, 3.05) is 21.3 Å². The Balaban J connectivity index is 2.41. The molecule has 2 rings (SSSR count). The lowest BCUT2D eigenvalue weighted by Crippen LogP contribution is -2.53. The zero-order chi connectivity index (χ0) is 18.4. The van der Waals surface area contributed by atoms with Crippen molar-refractivity contribution in [3.63, 3.8) is 0 Å². The van der Waals surface area contributed by atoms with Crippen LogP contribution in [0.3, 0.4) is 0 Å². The quantitative estimate of drug-likeness (QED) is 0.747. The van der Waals surface area contributed by atoms with Crippen LogP contribution >= 0.6 is 0 Å². The Hall–Kier alpha value is -2.87. The third-order valence-corrected chi connectivity index (χ3v) is 3.66. The number of hydrogen-bond donors (Lipinski definition) is 1.